The predicted molar refractivity (Wildman–Crippen MR) is 105 cm³/mol. The lowest BCUT2D eigenvalue weighted by atomic mass is 9.97. The minimum atomic E-state index is 0. The molecule has 0 saturated carbocycles. The Labute approximate surface area is 159 Å². The second kappa shape index (κ2) is 12.6. The van der Waals surface area contributed by atoms with Crippen LogP contribution in [0.2, 0.25) is 0 Å². The van der Waals surface area contributed by atoms with Gasteiger partial charge in [-0.05, 0) is 12.5 Å². The van der Waals surface area contributed by atoms with E-state index in [1.165, 1.54) is 31.2 Å². The Morgan fingerprint density at radius 3 is 2.38 bits per heavy atom. The lowest BCUT2D eigenvalue weighted by molar-refractivity contribution is 0.160. The van der Waals surface area contributed by atoms with Gasteiger partial charge in [0.1, 0.15) is 11.5 Å². The monoisotopic (exact) mass is 378 g/mol. The van der Waals surface area contributed by atoms with Crippen molar-refractivity contribution in [2.24, 2.45) is 0 Å². The van der Waals surface area contributed by atoms with Gasteiger partial charge in [0, 0.05) is 43.9 Å². The smallest absolute Gasteiger partial charge is 0.127 e. The molecule has 2 rings (SSSR count). The normalized spacial score (nSPS) is 15.8. The molecule has 1 heterocycles. The number of hydrogen-bond donors (Lipinski definition) is 1. The number of ether oxygens (including phenoxy) is 2. The van der Waals surface area contributed by atoms with Gasteiger partial charge in [-0.3, -0.25) is 4.90 Å². The third-order valence-electron chi connectivity index (χ3n) is 4.47. The van der Waals surface area contributed by atoms with E-state index in [0.717, 1.165) is 37.7 Å². The Morgan fingerprint density at radius 1 is 1.08 bits per heavy atom. The number of piperazine rings is 1. The van der Waals surface area contributed by atoms with Crippen molar-refractivity contribution in [2.45, 2.75) is 38.6 Å². The fourth-order valence-corrected chi connectivity index (χ4v) is 3.21. The summed E-state index contributed by atoms with van der Waals surface area (Å²) < 4.78 is 11.0. The van der Waals surface area contributed by atoms with Crippen molar-refractivity contribution >= 4 is 24.8 Å². The lowest BCUT2D eigenvalue weighted by Gasteiger charge is -2.36. The van der Waals surface area contributed by atoms with Crippen molar-refractivity contribution in [1.82, 2.24) is 10.2 Å². The standard InChI is InChI=1S/C18H30N2O2.2ClH/c1-4-5-6-7-17(20-12-10-19-11-13-20)16-9-8-15(21-2)14-18(16)22-3;;/h8-9,14,17,19H,4-7,10-13H2,1-3H3;2*1H/t17-;;/m1../s1. The summed E-state index contributed by atoms with van der Waals surface area (Å²) in [6.45, 7) is 6.61. The van der Waals surface area contributed by atoms with Crippen LogP contribution in [0.3, 0.4) is 0 Å². The molecule has 1 atom stereocenters. The van der Waals surface area contributed by atoms with Crippen LogP contribution in [0.4, 0.5) is 0 Å². The summed E-state index contributed by atoms with van der Waals surface area (Å²) in [5.74, 6) is 1.80. The Balaban J connectivity index is 0.00000264. The summed E-state index contributed by atoms with van der Waals surface area (Å²) in [7, 11) is 3.45. The van der Waals surface area contributed by atoms with Gasteiger partial charge in [0.05, 0.1) is 14.2 Å². The van der Waals surface area contributed by atoms with Crippen LogP contribution in [0.15, 0.2) is 18.2 Å². The fourth-order valence-electron chi connectivity index (χ4n) is 3.21. The van der Waals surface area contributed by atoms with Gasteiger partial charge >= 0.3 is 0 Å². The Morgan fingerprint density at radius 2 is 1.79 bits per heavy atom. The second-order valence-corrected chi connectivity index (χ2v) is 5.91. The van der Waals surface area contributed by atoms with E-state index in [1.54, 1.807) is 14.2 Å². The molecule has 4 nitrogen and oxygen atoms in total. The minimum Gasteiger partial charge on any atom is -0.497 e. The molecule has 0 amide bonds. The third-order valence-corrected chi connectivity index (χ3v) is 4.47. The number of halogens is 2. The summed E-state index contributed by atoms with van der Waals surface area (Å²) >= 11 is 0. The van der Waals surface area contributed by atoms with E-state index in [2.05, 4.69) is 23.2 Å². The van der Waals surface area contributed by atoms with Gasteiger partial charge in [0.25, 0.3) is 0 Å². The zero-order chi connectivity index (χ0) is 15.8. The molecule has 140 valence electrons. The molecule has 1 fully saturated rings. The van der Waals surface area contributed by atoms with Crippen LogP contribution >= 0.6 is 24.8 Å². The summed E-state index contributed by atoms with van der Waals surface area (Å²) in [5, 5.41) is 3.44. The van der Waals surface area contributed by atoms with Gasteiger partial charge in [0.2, 0.25) is 0 Å². The number of nitrogens with one attached hydrogen (secondary N) is 1. The summed E-state index contributed by atoms with van der Waals surface area (Å²) in [5.41, 5.74) is 1.29. The number of methoxy groups -OCH3 is 2. The van der Waals surface area contributed by atoms with Crippen LogP contribution in [0.1, 0.15) is 44.2 Å². The number of unbranched alkanes of at least 4 members (excludes halogenated alkanes) is 2. The average Bonchev–Trinajstić information content (AvgIpc) is 2.59. The third kappa shape index (κ3) is 6.32. The fraction of sp³-hybridized carbons (Fsp3) is 0.667. The van der Waals surface area contributed by atoms with Crippen LogP contribution < -0.4 is 14.8 Å². The molecule has 0 unspecified atom stereocenters. The highest BCUT2D eigenvalue weighted by Crippen LogP contribution is 2.35. The van der Waals surface area contributed by atoms with Crippen molar-refractivity contribution in [3.63, 3.8) is 0 Å². The maximum atomic E-state index is 5.64. The van der Waals surface area contributed by atoms with E-state index >= 15 is 0 Å². The zero-order valence-corrected chi connectivity index (χ0v) is 16.7. The van der Waals surface area contributed by atoms with Gasteiger partial charge in [-0.25, -0.2) is 0 Å². The maximum absolute atomic E-state index is 5.64. The molecule has 6 heteroatoms. The quantitative estimate of drug-likeness (QED) is 0.691. The van der Waals surface area contributed by atoms with Gasteiger partial charge in [-0.2, -0.15) is 0 Å². The molecule has 1 N–H and O–H groups in total. The SMILES string of the molecule is CCCCC[C@H](c1ccc(OC)cc1OC)N1CCNCC1.Cl.Cl. The van der Waals surface area contributed by atoms with Gasteiger partial charge in [-0.1, -0.05) is 32.3 Å². The van der Waals surface area contributed by atoms with Gasteiger partial charge in [0.15, 0.2) is 0 Å². The molecule has 0 bridgehead atoms. The number of rotatable bonds is 8. The topological polar surface area (TPSA) is 33.7 Å². The molecular formula is C18H32Cl2N2O2. The van der Waals surface area contributed by atoms with Crippen molar-refractivity contribution in [3.8, 4) is 11.5 Å². The van der Waals surface area contributed by atoms with E-state index in [0.29, 0.717) is 6.04 Å². The molecule has 0 radical (unpaired) electrons. The number of benzene rings is 1. The van der Waals surface area contributed by atoms with Crippen LogP contribution in [-0.2, 0) is 0 Å². The van der Waals surface area contributed by atoms with E-state index in [9.17, 15) is 0 Å². The van der Waals surface area contributed by atoms with Gasteiger partial charge < -0.3 is 14.8 Å². The van der Waals surface area contributed by atoms with Crippen molar-refractivity contribution in [3.05, 3.63) is 23.8 Å². The Kier molecular flexibility index (Phi) is 12.3. The van der Waals surface area contributed by atoms with E-state index in [1.807, 2.05) is 12.1 Å². The highest BCUT2D eigenvalue weighted by Gasteiger charge is 2.24. The first kappa shape index (κ1) is 23.3. The van der Waals surface area contributed by atoms with Gasteiger partial charge in [-0.15, -0.1) is 24.8 Å². The largest absolute Gasteiger partial charge is 0.497 e. The highest BCUT2D eigenvalue weighted by molar-refractivity contribution is 5.85. The molecule has 1 aliphatic rings. The first-order valence-electron chi connectivity index (χ1n) is 8.46. The molecular weight excluding hydrogens is 347 g/mol. The second-order valence-electron chi connectivity index (χ2n) is 5.91. The molecule has 24 heavy (non-hydrogen) atoms. The number of nitrogens with zero attached hydrogens (tertiary/aromatic N) is 1. The van der Waals surface area contributed by atoms with Crippen molar-refractivity contribution in [1.29, 1.82) is 0 Å². The Bertz CT molecular complexity index is 455. The highest BCUT2D eigenvalue weighted by atomic mass is 35.5. The summed E-state index contributed by atoms with van der Waals surface area (Å²) in [6, 6.07) is 6.67. The molecule has 1 aliphatic heterocycles. The van der Waals surface area contributed by atoms with E-state index < -0.39 is 0 Å². The lowest BCUT2D eigenvalue weighted by Crippen LogP contribution is -2.45. The van der Waals surface area contributed by atoms with E-state index in [4.69, 9.17) is 9.47 Å². The van der Waals surface area contributed by atoms with Crippen LogP contribution in [0.25, 0.3) is 0 Å². The molecule has 1 saturated heterocycles. The van der Waals surface area contributed by atoms with E-state index in [-0.39, 0.29) is 24.8 Å². The van der Waals surface area contributed by atoms with Crippen molar-refractivity contribution in [2.75, 3.05) is 40.4 Å². The number of hydrogen-bond acceptors (Lipinski definition) is 4. The zero-order valence-electron chi connectivity index (χ0n) is 15.0. The summed E-state index contributed by atoms with van der Waals surface area (Å²) in [6.07, 6.45) is 5.01. The molecule has 0 spiro atoms. The molecule has 0 aliphatic carbocycles. The molecule has 0 aromatic heterocycles. The first-order valence-corrected chi connectivity index (χ1v) is 8.46. The average molecular weight is 379 g/mol. The van der Waals surface area contributed by atoms with Crippen molar-refractivity contribution < 1.29 is 9.47 Å². The van der Waals surface area contributed by atoms with Crippen LogP contribution in [-0.4, -0.2) is 45.3 Å². The summed E-state index contributed by atoms with van der Waals surface area (Å²) in [4.78, 5) is 2.59. The first-order chi connectivity index (χ1) is 10.8. The Hall–Kier alpha value is -0.680. The molecule has 1 aromatic rings. The minimum absolute atomic E-state index is 0. The van der Waals surface area contributed by atoms with Crippen LogP contribution in [0, 0.1) is 0 Å². The predicted octanol–water partition coefficient (Wildman–Crippen LogP) is 4.07. The maximum Gasteiger partial charge on any atom is 0.127 e. The van der Waals surface area contributed by atoms with Crippen LogP contribution in [0.5, 0.6) is 11.5 Å². The molecule has 1 aromatic carbocycles.